The lowest BCUT2D eigenvalue weighted by Gasteiger charge is -2.27. The van der Waals surface area contributed by atoms with Crippen LogP contribution < -0.4 is 0 Å². The molecule has 0 aromatic heterocycles. The molecule has 0 amide bonds. The van der Waals surface area contributed by atoms with Gasteiger partial charge in [-0.25, -0.2) is 0 Å². The number of fused-ring (bicyclic) bond motifs is 1. The summed E-state index contributed by atoms with van der Waals surface area (Å²) in [5, 5.41) is 9.83. The van der Waals surface area contributed by atoms with Gasteiger partial charge in [0.15, 0.2) is 0 Å². The van der Waals surface area contributed by atoms with E-state index in [0.717, 1.165) is 18.8 Å². The first-order chi connectivity index (χ1) is 7.81. The fraction of sp³-hybridized carbons (Fsp3) is 0.538. The van der Waals surface area contributed by atoms with Gasteiger partial charge in [-0.2, -0.15) is 11.8 Å². The van der Waals surface area contributed by atoms with E-state index in [0.29, 0.717) is 6.42 Å². The summed E-state index contributed by atoms with van der Waals surface area (Å²) in [6.07, 6.45) is 3.51. The average Bonchev–Trinajstić information content (AvgIpc) is 2.30. The van der Waals surface area contributed by atoms with Crippen LogP contribution in [0.1, 0.15) is 23.7 Å². The van der Waals surface area contributed by atoms with Crippen molar-refractivity contribution in [2.24, 2.45) is 0 Å². The first-order valence-electron chi connectivity index (χ1n) is 5.67. The number of thioether (sulfide) groups is 1. The third-order valence-corrected chi connectivity index (χ3v) is 3.66. The van der Waals surface area contributed by atoms with Gasteiger partial charge in [0.25, 0.3) is 0 Å². The van der Waals surface area contributed by atoms with Crippen molar-refractivity contribution < 1.29 is 9.84 Å². The van der Waals surface area contributed by atoms with E-state index in [2.05, 4.69) is 18.2 Å². The average molecular weight is 238 g/mol. The Morgan fingerprint density at radius 1 is 1.50 bits per heavy atom. The standard InChI is InChI=1S/C13H18O2S/c1-16-9-11(14)8-13-12-5-3-2-4-10(12)6-7-15-13/h2-5,11,13-14H,6-9H2,1H3. The fourth-order valence-electron chi connectivity index (χ4n) is 2.18. The first-order valence-corrected chi connectivity index (χ1v) is 7.07. The second kappa shape index (κ2) is 5.71. The molecule has 1 aliphatic rings. The zero-order valence-corrected chi connectivity index (χ0v) is 10.4. The molecule has 0 fully saturated rings. The second-order valence-electron chi connectivity index (χ2n) is 4.15. The molecule has 3 heteroatoms. The van der Waals surface area contributed by atoms with E-state index in [1.165, 1.54) is 11.1 Å². The minimum Gasteiger partial charge on any atom is -0.392 e. The van der Waals surface area contributed by atoms with Crippen molar-refractivity contribution >= 4 is 11.8 Å². The number of ether oxygens (including phenoxy) is 1. The van der Waals surface area contributed by atoms with E-state index in [4.69, 9.17) is 4.74 Å². The molecule has 0 radical (unpaired) electrons. The van der Waals surface area contributed by atoms with E-state index in [-0.39, 0.29) is 12.2 Å². The van der Waals surface area contributed by atoms with Gasteiger partial charge >= 0.3 is 0 Å². The Bertz CT molecular complexity index is 340. The minimum absolute atomic E-state index is 0.0760. The van der Waals surface area contributed by atoms with Crippen LogP contribution >= 0.6 is 11.8 Å². The highest BCUT2D eigenvalue weighted by Gasteiger charge is 2.22. The second-order valence-corrected chi connectivity index (χ2v) is 5.06. The highest BCUT2D eigenvalue weighted by Crippen LogP contribution is 2.30. The van der Waals surface area contributed by atoms with Crippen molar-refractivity contribution in [3.05, 3.63) is 35.4 Å². The van der Waals surface area contributed by atoms with E-state index in [1.807, 2.05) is 12.3 Å². The Balaban J connectivity index is 2.07. The van der Waals surface area contributed by atoms with Crippen LogP contribution in [0.2, 0.25) is 0 Å². The number of rotatable bonds is 4. The first kappa shape index (κ1) is 12.0. The molecular formula is C13H18O2S. The third-order valence-electron chi connectivity index (χ3n) is 2.94. The van der Waals surface area contributed by atoms with Crippen LogP contribution in [-0.2, 0) is 11.2 Å². The molecule has 88 valence electrons. The molecule has 0 aliphatic carbocycles. The van der Waals surface area contributed by atoms with Gasteiger partial charge in [-0.3, -0.25) is 0 Å². The predicted molar refractivity (Wildman–Crippen MR) is 67.8 cm³/mol. The number of hydrogen-bond acceptors (Lipinski definition) is 3. The fourth-order valence-corrected chi connectivity index (χ4v) is 2.70. The van der Waals surface area contributed by atoms with Crippen molar-refractivity contribution in [3.8, 4) is 0 Å². The zero-order chi connectivity index (χ0) is 11.4. The molecule has 1 aromatic rings. The van der Waals surface area contributed by atoms with Crippen molar-refractivity contribution in [1.29, 1.82) is 0 Å². The molecule has 2 rings (SSSR count). The Hall–Kier alpha value is -0.510. The van der Waals surface area contributed by atoms with E-state index < -0.39 is 0 Å². The highest BCUT2D eigenvalue weighted by molar-refractivity contribution is 7.98. The molecule has 0 saturated heterocycles. The van der Waals surface area contributed by atoms with Crippen molar-refractivity contribution in [1.82, 2.24) is 0 Å². The Labute approximate surface area is 101 Å². The lowest BCUT2D eigenvalue weighted by Crippen LogP contribution is -2.22. The smallest absolute Gasteiger partial charge is 0.0852 e. The molecular weight excluding hydrogens is 220 g/mol. The van der Waals surface area contributed by atoms with Gasteiger partial charge in [0, 0.05) is 12.2 Å². The van der Waals surface area contributed by atoms with E-state index in [1.54, 1.807) is 11.8 Å². The van der Waals surface area contributed by atoms with Gasteiger partial charge < -0.3 is 9.84 Å². The summed E-state index contributed by atoms with van der Waals surface area (Å²) in [5.41, 5.74) is 2.63. The lowest BCUT2D eigenvalue weighted by atomic mass is 9.94. The summed E-state index contributed by atoms with van der Waals surface area (Å²) in [6, 6.07) is 8.39. The predicted octanol–water partition coefficient (Wildman–Crippen LogP) is 2.41. The molecule has 0 saturated carbocycles. The summed E-state index contributed by atoms with van der Waals surface area (Å²) in [7, 11) is 0. The van der Waals surface area contributed by atoms with Gasteiger partial charge in [0.05, 0.1) is 18.8 Å². The molecule has 2 nitrogen and oxygen atoms in total. The van der Waals surface area contributed by atoms with Crippen LogP contribution in [-0.4, -0.2) is 29.8 Å². The van der Waals surface area contributed by atoms with E-state index in [9.17, 15) is 5.11 Å². The summed E-state index contributed by atoms with van der Waals surface area (Å²) in [4.78, 5) is 0. The quantitative estimate of drug-likeness (QED) is 0.873. The van der Waals surface area contributed by atoms with Gasteiger partial charge in [-0.1, -0.05) is 24.3 Å². The summed E-state index contributed by atoms with van der Waals surface area (Å²) >= 11 is 1.67. The molecule has 1 aliphatic heterocycles. The third kappa shape index (κ3) is 2.78. The normalized spacial score (nSPS) is 21.5. The van der Waals surface area contributed by atoms with Crippen molar-refractivity contribution in [3.63, 3.8) is 0 Å². The molecule has 2 unspecified atom stereocenters. The number of hydrogen-bond donors (Lipinski definition) is 1. The van der Waals surface area contributed by atoms with E-state index >= 15 is 0 Å². The van der Waals surface area contributed by atoms with Crippen LogP contribution in [0.5, 0.6) is 0 Å². The number of aliphatic hydroxyl groups is 1. The molecule has 1 N–H and O–H groups in total. The zero-order valence-electron chi connectivity index (χ0n) is 9.56. The largest absolute Gasteiger partial charge is 0.392 e. The van der Waals surface area contributed by atoms with Crippen LogP contribution in [0.25, 0.3) is 0 Å². The Morgan fingerprint density at radius 3 is 3.12 bits per heavy atom. The number of benzene rings is 1. The van der Waals surface area contributed by atoms with Crippen LogP contribution in [0.15, 0.2) is 24.3 Å². The van der Waals surface area contributed by atoms with Gasteiger partial charge in [-0.15, -0.1) is 0 Å². The Morgan fingerprint density at radius 2 is 2.31 bits per heavy atom. The van der Waals surface area contributed by atoms with Gasteiger partial charge in [0.1, 0.15) is 0 Å². The van der Waals surface area contributed by atoms with Crippen LogP contribution in [0.3, 0.4) is 0 Å². The molecule has 0 spiro atoms. The molecule has 2 atom stereocenters. The topological polar surface area (TPSA) is 29.5 Å². The highest BCUT2D eigenvalue weighted by atomic mass is 32.2. The maximum atomic E-state index is 9.83. The van der Waals surface area contributed by atoms with Crippen molar-refractivity contribution in [2.45, 2.75) is 25.0 Å². The van der Waals surface area contributed by atoms with Gasteiger partial charge in [0.2, 0.25) is 0 Å². The summed E-state index contributed by atoms with van der Waals surface area (Å²) < 4.78 is 5.75. The van der Waals surface area contributed by atoms with Crippen LogP contribution in [0, 0.1) is 0 Å². The maximum absolute atomic E-state index is 9.83. The summed E-state index contributed by atoms with van der Waals surface area (Å²) in [5.74, 6) is 0.780. The molecule has 16 heavy (non-hydrogen) atoms. The molecule has 1 aromatic carbocycles. The van der Waals surface area contributed by atoms with Gasteiger partial charge in [-0.05, 0) is 23.8 Å². The molecule has 0 bridgehead atoms. The maximum Gasteiger partial charge on any atom is 0.0852 e. The Kier molecular flexibility index (Phi) is 4.27. The number of aliphatic hydroxyl groups excluding tert-OH is 1. The monoisotopic (exact) mass is 238 g/mol. The van der Waals surface area contributed by atoms with Crippen molar-refractivity contribution in [2.75, 3.05) is 18.6 Å². The van der Waals surface area contributed by atoms with Crippen LogP contribution in [0.4, 0.5) is 0 Å². The summed E-state index contributed by atoms with van der Waals surface area (Å²) in [6.45, 7) is 0.771. The molecule has 1 heterocycles. The lowest BCUT2D eigenvalue weighted by molar-refractivity contribution is 0.00947. The SMILES string of the molecule is CSCC(O)CC1OCCc2ccccc21. The minimum atomic E-state index is -0.272.